The average molecular weight is 241 g/mol. The second-order valence-electron chi connectivity index (χ2n) is 5.28. The number of piperidine rings is 1. The van der Waals surface area contributed by atoms with Gasteiger partial charge < -0.3 is 15.5 Å². The molecule has 0 aromatic carbocycles. The summed E-state index contributed by atoms with van der Waals surface area (Å²) in [7, 11) is 2.08. The predicted molar refractivity (Wildman–Crippen MR) is 71.0 cm³/mol. The van der Waals surface area contributed by atoms with E-state index in [1.165, 1.54) is 12.8 Å². The molecule has 1 amide bonds. The molecule has 1 atom stereocenters. The van der Waals surface area contributed by atoms with Crippen molar-refractivity contribution in [3.8, 4) is 0 Å². The molecule has 1 fully saturated rings. The summed E-state index contributed by atoms with van der Waals surface area (Å²) in [5.41, 5.74) is 0. The van der Waals surface area contributed by atoms with Gasteiger partial charge in [0.25, 0.3) is 0 Å². The molecule has 1 aliphatic heterocycles. The Kier molecular flexibility index (Phi) is 6.52. The van der Waals surface area contributed by atoms with Crippen molar-refractivity contribution >= 4 is 5.91 Å². The van der Waals surface area contributed by atoms with Crippen LogP contribution in [0.4, 0.5) is 0 Å². The first kappa shape index (κ1) is 14.5. The molecule has 4 heteroatoms. The van der Waals surface area contributed by atoms with Gasteiger partial charge in [-0.15, -0.1) is 0 Å². The van der Waals surface area contributed by atoms with Gasteiger partial charge in [0, 0.05) is 31.6 Å². The lowest BCUT2D eigenvalue weighted by Crippen LogP contribution is -2.41. The van der Waals surface area contributed by atoms with E-state index in [0.29, 0.717) is 18.5 Å². The van der Waals surface area contributed by atoms with E-state index in [-0.39, 0.29) is 5.91 Å². The van der Waals surface area contributed by atoms with Crippen molar-refractivity contribution in [2.24, 2.45) is 0 Å². The third-order valence-electron chi connectivity index (χ3n) is 3.51. The van der Waals surface area contributed by atoms with Crippen LogP contribution in [0.3, 0.4) is 0 Å². The molecule has 0 spiro atoms. The number of hydrogen-bond donors (Lipinski definition) is 2. The highest BCUT2D eigenvalue weighted by atomic mass is 16.1. The number of nitrogens with zero attached hydrogens (tertiary/aromatic N) is 1. The van der Waals surface area contributed by atoms with Gasteiger partial charge >= 0.3 is 0 Å². The summed E-state index contributed by atoms with van der Waals surface area (Å²) in [5.74, 6) is 0.182. The molecule has 0 saturated carbocycles. The van der Waals surface area contributed by atoms with Crippen molar-refractivity contribution in [2.45, 2.75) is 51.6 Å². The van der Waals surface area contributed by atoms with Gasteiger partial charge in [0.05, 0.1) is 0 Å². The normalized spacial score (nSPS) is 20.9. The van der Waals surface area contributed by atoms with E-state index >= 15 is 0 Å². The van der Waals surface area contributed by atoms with Crippen molar-refractivity contribution < 1.29 is 4.79 Å². The first-order chi connectivity index (χ1) is 8.09. The van der Waals surface area contributed by atoms with Crippen molar-refractivity contribution in [1.82, 2.24) is 15.5 Å². The summed E-state index contributed by atoms with van der Waals surface area (Å²) in [5, 5.41) is 6.39. The van der Waals surface area contributed by atoms with Crippen molar-refractivity contribution in [3.63, 3.8) is 0 Å². The van der Waals surface area contributed by atoms with E-state index in [2.05, 4.69) is 36.4 Å². The summed E-state index contributed by atoms with van der Waals surface area (Å²) >= 11 is 0. The predicted octanol–water partition coefficient (Wildman–Crippen LogP) is 0.975. The second-order valence-corrected chi connectivity index (χ2v) is 5.28. The van der Waals surface area contributed by atoms with Crippen LogP contribution in [0.15, 0.2) is 0 Å². The number of rotatable bonds is 6. The molecule has 0 aromatic rings. The SMILES string of the molecule is CC(C)N(C)CCNC(=O)CC1CCCCN1. The first-order valence-electron chi connectivity index (χ1n) is 6.80. The third kappa shape index (κ3) is 6.03. The molecule has 0 aromatic heterocycles. The second kappa shape index (κ2) is 7.67. The molecule has 4 nitrogen and oxygen atoms in total. The molecule has 1 saturated heterocycles. The Bertz CT molecular complexity index is 225. The Morgan fingerprint density at radius 3 is 2.82 bits per heavy atom. The van der Waals surface area contributed by atoms with Crippen LogP contribution in [0.5, 0.6) is 0 Å². The van der Waals surface area contributed by atoms with Gasteiger partial charge in [-0.2, -0.15) is 0 Å². The van der Waals surface area contributed by atoms with Gasteiger partial charge in [-0.25, -0.2) is 0 Å². The Balaban J connectivity index is 2.08. The molecule has 0 radical (unpaired) electrons. The zero-order chi connectivity index (χ0) is 12.7. The first-order valence-corrected chi connectivity index (χ1v) is 6.80. The lowest BCUT2D eigenvalue weighted by atomic mass is 10.0. The minimum absolute atomic E-state index is 0.182. The summed E-state index contributed by atoms with van der Waals surface area (Å²) in [6.07, 6.45) is 4.27. The Morgan fingerprint density at radius 1 is 1.47 bits per heavy atom. The minimum Gasteiger partial charge on any atom is -0.355 e. The number of amides is 1. The van der Waals surface area contributed by atoms with Gasteiger partial charge in [-0.05, 0) is 40.3 Å². The fraction of sp³-hybridized carbons (Fsp3) is 0.923. The zero-order valence-corrected chi connectivity index (χ0v) is 11.5. The number of carbonyl (C=O) groups is 1. The maximum absolute atomic E-state index is 11.7. The summed E-state index contributed by atoms with van der Waals surface area (Å²) < 4.78 is 0. The highest BCUT2D eigenvalue weighted by Crippen LogP contribution is 2.09. The number of nitrogens with one attached hydrogen (secondary N) is 2. The van der Waals surface area contributed by atoms with Gasteiger partial charge in [0.15, 0.2) is 0 Å². The summed E-state index contributed by atoms with van der Waals surface area (Å²) in [6, 6.07) is 0.929. The maximum Gasteiger partial charge on any atom is 0.221 e. The lowest BCUT2D eigenvalue weighted by Gasteiger charge is -2.24. The average Bonchev–Trinajstić information content (AvgIpc) is 2.30. The standard InChI is InChI=1S/C13H27N3O/c1-11(2)16(3)9-8-15-13(17)10-12-6-4-5-7-14-12/h11-12,14H,4-10H2,1-3H3,(H,15,17). The Labute approximate surface area is 105 Å². The molecule has 100 valence electrons. The molecule has 1 unspecified atom stereocenters. The molecule has 1 heterocycles. The third-order valence-corrected chi connectivity index (χ3v) is 3.51. The monoisotopic (exact) mass is 241 g/mol. The van der Waals surface area contributed by atoms with E-state index in [1.807, 2.05) is 0 Å². The van der Waals surface area contributed by atoms with Gasteiger partial charge in [0.1, 0.15) is 0 Å². The van der Waals surface area contributed by atoms with E-state index in [9.17, 15) is 4.79 Å². The van der Waals surface area contributed by atoms with Crippen molar-refractivity contribution in [2.75, 3.05) is 26.7 Å². The van der Waals surface area contributed by atoms with Crippen LogP contribution in [-0.4, -0.2) is 49.6 Å². The van der Waals surface area contributed by atoms with Crippen molar-refractivity contribution in [3.05, 3.63) is 0 Å². The van der Waals surface area contributed by atoms with Gasteiger partial charge in [0.2, 0.25) is 5.91 Å². The minimum atomic E-state index is 0.182. The largest absolute Gasteiger partial charge is 0.355 e. The zero-order valence-electron chi connectivity index (χ0n) is 11.5. The number of carbonyl (C=O) groups excluding carboxylic acids is 1. The van der Waals surface area contributed by atoms with Crippen LogP contribution in [0.25, 0.3) is 0 Å². The number of hydrogen-bond acceptors (Lipinski definition) is 3. The molecule has 0 aliphatic carbocycles. The summed E-state index contributed by atoms with van der Waals surface area (Å²) in [4.78, 5) is 13.9. The molecule has 0 bridgehead atoms. The molecule has 1 rings (SSSR count). The van der Waals surface area contributed by atoms with Crippen LogP contribution in [0.1, 0.15) is 39.5 Å². The van der Waals surface area contributed by atoms with E-state index in [4.69, 9.17) is 0 Å². The molecule has 1 aliphatic rings. The molecular formula is C13H27N3O. The molecule has 17 heavy (non-hydrogen) atoms. The summed E-state index contributed by atoms with van der Waals surface area (Å²) in [6.45, 7) is 7.05. The Hall–Kier alpha value is -0.610. The fourth-order valence-electron chi connectivity index (χ4n) is 2.02. The maximum atomic E-state index is 11.7. The van der Waals surface area contributed by atoms with Gasteiger partial charge in [-0.1, -0.05) is 6.42 Å². The van der Waals surface area contributed by atoms with E-state index in [0.717, 1.165) is 26.1 Å². The van der Waals surface area contributed by atoms with Crippen LogP contribution < -0.4 is 10.6 Å². The van der Waals surface area contributed by atoms with E-state index < -0.39 is 0 Å². The highest BCUT2D eigenvalue weighted by molar-refractivity contribution is 5.76. The van der Waals surface area contributed by atoms with Crippen molar-refractivity contribution in [1.29, 1.82) is 0 Å². The van der Waals surface area contributed by atoms with Crippen LogP contribution >= 0.6 is 0 Å². The fourth-order valence-corrected chi connectivity index (χ4v) is 2.02. The topological polar surface area (TPSA) is 44.4 Å². The van der Waals surface area contributed by atoms with E-state index in [1.54, 1.807) is 0 Å². The van der Waals surface area contributed by atoms with Crippen LogP contribution in [0, 0.1) is 0 Å². The lowest BCUT2D eigenvalue weighted by molar-refractivity contribution is -0.121. The smallest absolute Gasteiger partial charge is 0.221 e. The number of likely N-dealkylation sites (N-methyl/N-ethyl adjacent to an activating group) is 1. The Morgan fingerprint density at radius 2 is 2.24 bits per heavy atom. The quantitative estimate of drug-likeness (QED) is 0.728. The highest BCUT2D eigenvalue weighted by Gasteiger charge is 2.15. The van der Waals surface area contributed by atoms with Crippen LogP contribution in [0.2, 0.25) is 0 Å². The van der Waals surface area contributed by atoms with Gasteiger partial charge in [-0.3, -0.25) is 4.79 Å². The van der Waals surface area contributed by atoms with Crippen LogP contribution in [-0.2, 0) is 4.79 Å². The molecule has 2 N–H and O–H groups in total. The molecular weight excluding hydrogens is 214 g/mol.